The summed E-state index contributed by atoms with van der Waals surface area (Å²) in [5, 5.41) is 7.35. The quantitative estimate of drug-likeness (QED) is 0.868. The van der Waals surface area contributed by atoms with Crippen LogP contribution in [0, 0.1) is 0 Å². The minimum Gasteiger partial charge on any atom is -0.335 e. The molecule has 3 heterocycles. The van der Waals surface area contributed by atoms with E-state index < -0.39 is 0 Å². The Labute approximate surface area is 141 Å². The highest BCUT2D eigenvalue weighted by Crippen LogP contribution is 2.32. The summed E-state index contributed by atoms with van der Waals surface area (Å²) < 4.78 is 1.80. The van der Waals surface area contributed by atoms with Crippen LogP contribution in [0.15, 0.2) is 17.8 Å². The molecule has 1 fully saturated rings. The van der Waals surface area contributed by atoms with Gasteiger partial charge in [-0.25, -0.2) is 4.98 Å². The standard InChI is InChI=1S/C17H24N4OS/c1-17(2,3)16-19-13(11-23-16)8-15(22)21-7-5-6-14(21)12-9-18-20(4)10-12/h9-11,14H,5-8H2,1-4H3. The van der Waals surface area contributed by atoms with Gasteiger partial charge in [-0.15, -0.1) is 11.3 Å². The molecule has 0 N–H and O–H groups in total. The van der Waals surface area contributed by atoms with Crippen molar-refractivity contribution in [3.05, 3.63) is 34.0 Å². The Morgan fingerprint density at radius 3 is 2.83 bits per heavy atom. The molecule has 1 saturated heterocycles. The van der Waals surface area contributed by atoms with Crippen molar-refractivity contribution in [1.82, 2.24) is 19.7 Å². The summed E-state index contributed by atoms with van der Waals surface area (Å²) in [7, 11) is 1.91. The van der Waals surface area contributed by atoms with Crippen molar-refractivity contribution in [3.63, 3.8) is 0 Å². The van der Waals surface area contributed by atoms with Gasteiger partial charge >= 0.3 is 0 Å². The first-order chi connectivity index (χ1) is 10.8. The molecule has 6 heteroatoms. The largest absolute Gasteiger partial charge is 0.335 e. The lowest BCUT2D eigenvalue weighted by Crippen LogP contribution is -2.31. The minimum absolute atomic E-state index is 0.0395. The third-order valence-electron chi connectivity index (χ3n) is 4.21. The predicted molar refractivity (Wildman–Crippen MR) is 91.4 cm³/mol. The third kappa shape index (κ3) is 3.47. The molecule has 1 aliphatic rings. The molecule has 1 atom stereocenters. The Morgan fingerprint density at radius 1 is 1.43 bits per heavy atom. The van der Waals surface area contributed by atoms with E-state index in [0.29, 0.717) is 6.42 Å². The first-order valence-electron chi connectivity index (χ1n) is 8.07. The lowest BCUT2D eigenvalue weighted by Gasteiger charge is -2.23. The Balaban J connectivity index is 1.71. The molecule has 3 rings (SSSR count). The number of likely N-dealkylation sites (tertiary alicyclic amines) is 1. The average molecular weight is 332 g/mol. The molecule has 1 unspecified atom stereocenters. The summed E-state index contributed by atoms with van der Waals surface area (Å²) in [6.07, 6.45) is 6.34. The van der Waals surface area contributed by atoms with Crippen LogP contribution in [0.2, 0.25) is 0 Å². The monoisotopic (exact) mass is 332 g/mol. The SMILES string of the molecule is Cn1cc(C2CCCN2C(=O)Cc2csc(C(C)(C)C)n2)cn1. The maximum Gasteiger partial charge on any atom is 0.229 e. The highest BCUT2D eigenvalue weighted by Gasteiger charge is 2.31. The van der Waals surface area contributed by atoms with E-state index in [1.165, 1.54) is 0 Å². The fourth-order valence-electron chi connectivity index (χ4n) is 3.01. The van der Waals surface area contributed by atoms with Crippen LogP contribution in [0.3, 0.4) is 0 Å². The average Bonchev–Trinajstić information content (AvgIpc) is 3.15. The van der Waals surface area contributed by atoms with Crippen molar-refractivity contribution in [2.75, 3.05) is 6.54 Å². The van der Waals surface area contributed by atoms with Crippen molar-refractivity contribution in [2.24, 2.45) is 7.05 Å². The summed E-state index contributed by atoms with van der Waals surface area (Å²) in [5.74, 6) is 0.169. The third-order valence-corrected chi connectivity index (χ3v) is 5.53. The van der Waals surface area contributed by atoms with Crippen LogP contribution in [0.25, 0.3) is 0 Å². The molecular weight excluding hydrogens is 308 g/mol. The molecule has 2 aromatic rings. The van der Waals surface area contributed by atoms with Gasteiger partial charge < -0.3 is 4.90 Å². The van der Waals surface area contributed by atoms with E-state index in [0.717, 1.165) is 35.7 Å². The van der Waals surface area contributed by atoms with E-state index in [1.54, 1.807) is 16.0 Å². The van der Waals surface area contributed by atoms with E-state index in [9.17, 15) is 4.79 Å². The van der Waals surface area contributed by atoms with Crippen molar-refractivity contribution in [1.29, 1.82) is 0 Å². The van der Waals surface area contributed by atoms with Gasteiger partial charge in [-0.1, -0.05) is 20.8 Å². The Bertz CT molecular complexity index is 698. The molecule has 23 heavy (non-hydrogen) atoms. The van der Waals surface area contributed by atoms with Crippen molar-refractivity contribution in [3.8, 4) is 0 Å². The lowest BCUT2D eigenvalue weighted by atomic mass is 9.98. The molecule has 0 aliphatic carbocycles. The minimum atomic E-state index is 0.0395. The molecule has 124 valence electrons. The maximum atomic E-state index is 12.7. The molecule has 0 saturated carbocycles. The van der Waals surface area contributed by atoms with Gasteiger partial charge in [0.15, 0.2) is 0 Å². The van der Waals surface area contributed by atoms with Crippen molar-refractivity contribution >= 4 is 17.2 Å². The molecule has 0 aromatic carbocycles. The smallest absolute Gasteiger partial charge is 0.229 e. The van der Waals surface area contributed by atoms with Crippen LogP contribution >= 0.6 is 11.3 Å². The van der Waals surface area contributed by atoms with E-state index in [4.69, 9.17) is 0 Å². The number of rotatable bonds is 3. The van der Waals surface area contributed by atoms with E-state index >= 15 is 0 Å². The molecule has 1 amide bonds. The Hall–Kier alpha value is -1.69. The fraction of sp³-hybridized carbons (Fsp3) is 0.588. The highest BCUT2D eigenvalue weighted by molar-refractivity contribution is 7.09. The topological polar surface area (TPSA) is 51.0 Å². The van der Waals surface area contributed by atoms with Gasteiger partial charge in [0.05, 0.1) is 29.4 Å². The summed E-state index contributed by atoms with van der Waals surface area (Å²) >= 11 is 1.65. The summed E-state index contributed by atoms with van der Waals surface area (Å²) in [6, 6.07) is 0.164. The normalized spacial score (nSPS) is 18.6. The second kappa shape index (κ2) is 6.07. The number of nitrogens with zero attached hydrogens (tertiary/aromatic N) is 4. The van der Waals surface area contributed by atoms with E-state index in [-0.39, 0.29) is 17.4 Å². The van der Waals surface area contributed by atoms with Gasteiger partial charge in [-0.05, 0) is 12.8 Å². The number of thiazole rings is 1. The van der Waals surface area contributed by atoms with Crippen LogP contribution in [-0.4, -0.2) is 32.1 Å². The maximum absolute atomic E-state index is 12.7. The number of hydrogen-bond donors (Lipinski definition) is 0. The lowest BCUT2D eigenvalue weighted by molar-refractivity contribution is -0.131. The zero-order chi connectivity index (χ0) is 16.6. The molecule has 0 spiro atoms. The molecule has 0 radical (unpaired) electrons. The molecule has 2 aromatic heterocycles. The number of hydrogen-bond acceptors (Lipinski definition) is 4. The molecular formula is C17H24N4OS. The summed E-state index contributed by atoms with van der Waals surface area (Å²) in [4.78, 5) is 19.4. The van der Waals surface area contributed by atoms with Crippen LogP contribution < -0.4 is 0 Å². The van der Waals surface area contributed by atoms with Crippen LogP contribution in [0.4, 0.5) is 0 Å². The van der Waals surface area contributed by atoms with E-state index in [2.05, 4.69) is 30.9 Å². The summed E-state index contributed by atoms with van der Waals surface area (Å²) in [6.45, 7) is 7.28. The van der Waals surface area contributed by atoms with Crippen LogP contribution in [0.5, 0.6) is 0 Å². The number of aromatic nitrogens is 3. The zero-order valence-electron chi connectivity index (χ0n) is 14.2. The number of carbonyl (C=O) groups is 1. The van der Waals surface area contributed by atoms with Crippen molar-refractivity contribution in [2.45, 2.75) is 51.5 Å². The van der Waals surface area contributed by atoms with E-state index in [1.807, 2.05) is 29.7 Å². The number of amides is 1. The van der Waals surface area contributed by atoms with Crippen LogP contribution in [-0.2, 0) is 23.7 Å². The van der Waals surface area contributed by atoms with Gasteiger partial charge in [-0.2, -0.15) is 5.10 Å². The molecule has 0 bridgehead atoms. The first-order valence-corrected chi connectivity index (χ1v) is 8.95. The Kier molecular flexibility index (Phi) is 4.27. The summed E-state index contributed by atoms with van der Waals surface area (Å²) in [5.41, 5.74) is 2.06. The Morgan fingerprint density at radius 2 is 2.22 bits per heavy atom. The predicted octanol–water partition coefficient (Wildman–Crippen LogP) is 3.08. The van der Waals surface area contributed by atoms with Gasteiger partial charge in [0.25, 0.3) is 0 Å². The second-order valence-corrected chi connectivity index (χ2v) is 8.12. The zero-order valence-corrected chi connectivity index (χ0v) is 15.1. The molecule has 1 aliphatic heterocycles. The number of aryl methyl sites for hydroxylation is 1. The fourth-order valence-corrected chi connectivity index (χ4v) is 3.92. The van der Waals surface area contributed by atoms with Gasteiger partial charge in [-0.3, -0.25) is 9.48 Å². The van der Waals surface area contributed by atoms with Gasteiger partial charge in [0.2, 0.25) is 5.91 Å². The van der Waals surface area contributed by atoms with Gasteiger partial charge in [0.1, 0.15) is 0 Å². The molecule has 5 nitrogen and oxygen atoms in total. The second-order valence-electron chi connectivity index (χ2n) is 7.26. The van der Waals surface area contributed by atoms with Gasteiger partial charge in [0, 0.05) is 36.1 Å². The van der Waals surface area contributed by atoms with Crippen LogP contribution in [0.1, 0.15) is 55.9 Å². The number of carbonyl (C=O) groups excluding carboxylic acids is 1. The van der Waals surface area contributed by atoms with Crippen molar-refractivity contribution < 1.29 is 4.79 Å². The first kappa shape index (κ1) is 16.2. The highest BCUT2D eigenvalue weighted by atomic mass is 32.1.